The second-order valence-corrected chi connectivity index (χ2v) is 6.33. The van der Waals surface area contributed by atoms with E-state index in [1.54, 1.807) is 0 Å². The molecule has 1 aromatic rings. The first-order valence-corrected chi connectivity index (χ1v) is 7.35. The van der Waals surface area contributed by atoms with Gasteiger partial charge in [-0.05, 0) is 55.5 Å². The zero-order valence-electron chi connectivity index (χ0n) is 10.3. The molecule has 1 fully saturated rings. The van der Waals surface area contributed by atoms with Crippen LogP contribution in [0.25, 0.3) is 0 Å². The molecule has 2 atom stereocenters. The van der Waals surface area contributed by atoms with Gasteiger partial charge in [0.15, 0.2) is 0 Å². The SMILES string of the molecule is N[C@@H]1CCCN([C@@H]2Cc3cc(Cl)cc(Cl)c3C2)C1. The van der Waals surface area contributed by atoms with Crippen molar-refractivity contribution in [3.05, 3.63) is 33.3 Å². The molecular formula is C14H18Cl2N2. The van der Waals surface area contributed by atoms with E-state index in [1.807, 2.05) is 6.07 Å². The summed E-state index contributed by atoms with van der Waals surface area (Å²) < 4.78 is 0. The summed E-state index contributed by atoms with van der Waals surface area (Å²) >= 11 is 12.3. The number of nitrogens with two attached hydrogens (primary N) is 1. The summed E-state index contributed by atoms with van der Waals surface area (Å²) in [5.74, 6) is 0. The molecule has 1 aliphatic carbocycles. The molecular weight excluding hydrogens is 267 g/mol. The van der Waals surface area contributed by atoms with Gasteiger partial charge in [-0.3, -0.25) is 4.90 Å². The van der Waals surface area contributed by atoms with Crippen LogP contribution in [-0.2, 0) is 12.8 Å². The third-order valence-electron chi connectivity index (χ3n) is 4.15. The van der Waals surface area contributed by atoms with E-state index in [0.29, 0.717) is 12.1 Å². The Morgan fingerprint density at radius 2 is 2.06 bits per heavy atom. The first-order chi connectivity index (χ1) is 8.63. The monoisotopic (exact) mass is 284 g/mol. The predicted octanol–water partition coefficient (Wildman–Crippen LogP) is 2.88. The van der Waals surface area contributed by atoms with Gasteiger partial charge in [-0.25, -0.2) is 0 Å². The first-order valence-electron chi connectivity index (χ1n) is 6.60. The number of benzene rings is 1. The van der Waals surface area contributed by atoms with Crippen molar-refractivity contribution in [2.45, 2.75) is 37.8 Å². The van der Waals surface area contributed by atoms with E-state index in [4.69, 9.17) is 28.9 Å². The largest absolute Gasteiger partial charge is 0.327 e. The van der Waals surface area contributed by atoms with Crippen molar-refractivity contribution in [3.63, 3.8) is 0 Å². The van der Waals surface area contributed by atoms with E-state index < -0.39 is 0 Å². The third-order valence-corrected chi connectivity index (χ3v) is 4.71. The summed E-state index contributed by atoms with van der Waals surface area (Å²) in [7, 11) is 0. The van der Waals surface area contributed by atoms with Gasteiger partial charge in [0, 0.05) is 28.7 Å². The minimum atomic E-state index is 0.335. The molecule has 0 unspecified atom stereocenters. The van der Waals surface area contributed by atoms with E-state index in [-0.39, 0.29) is 0 Å². The molecule has 98 valence electrons. The van der Waals surface area contributed by atoms with Crippen LogP contribution in [0.15, 0.2) is 12.1 Å². The molecule has 0 aromatic heterocycles. The maximum absolute atomic E-state index is 6.28. The molecule has 1 aliphatic heterocycles. The van der Waals surface area contributed by atoms with Crippen LogP contribution in [0.2, 0.25) is 10.0 Å². The molecule has 2 aliphatic rings. The standard InChI is InChI=1S/C14H18Cl2N2/c15-10-4-9-5-12(7-13(9)14(16)6-10)18-3-1-2-11(17)8-18/h4,6,11-12H,1-3,5,7-8,17H2/t11-,12-/m1/s1. The topological polar surface area (TPSA) is 29.3 Å². The van der Waals surface area contributed by atoms with Crippen molar-refractivity contribution < 1.29 is 0 Å². The maximum Gasteiger partial charge on any atom is 0.0456 e. The van der Waals surface area contributed by atoms with Crippen LogP contribution < -0.4 is 5.73 Å². The van der Waals surface area contributed by atoms with E-state index in [0.717, 1.165) is 42.4 Å². The molecule has 2 N–H and O–H groups in total. The quantitative estimate of drug-likeness (QED) is 0.859. The summed E-state index contributed by atoms with van der Waals surface area (Å²) in [4.78, 5) is 2.53. The lowest BCUT2D eigenvalue weighted by Gasteiger charge is -2.35. The smallest absolute Gasteiger partial charge is 0.0456 e. The van der Waals surface area contributed by atoms with Crippen molar-refractivity contribution in [1.82, 2.24) is 4.90 Å². The van der Waals surface area contributed by atoms with Gasteiger partial charge < -0.3 is 5.73 Å². The van der Waals surface area contributed by atoms with Gasteiger partial charge in [0.25, 0.3) is 0 Å². The number of likely N-dealkylation sites (tertiary alicyclic amines) is 1. The van der Waals surface area contributed by atoms with Gasteiger partial charge >= 0.3 is 0 Å². The summed E-state index contributed by atoms with van der Waals surface area (Å²) in [6.45, 7) is 2.18. The minimum Gasteiger partial charge on any atom is -0.327 e. The molecule has 2 nitrogen and oxygen atoms in total. The van der Waals surface area contributed by atoms with E-state index in [1.165, 1.54) is 17.5 Å². The van der Waals surface area contributed by atoms with Gasteiger partial charge in [-0.1, -0.05) is 23.2 Å². The molecule has 18 heavy (non-hydrogen) atoms. The van der Waals surface area contributed by atoms with Crippen molar-refractivity contribution in [2.24, 2.45) is 5.73 Å². The van der Waals surface area contributed by atoms with E-state index in [2.05, 4.69) is 11.0 Å². The van der Waals surface area contributed by atoms with Crippen LogP contribution in [0.3, 0.4) is 0 Å². The highest BCUT2D eigenvalue weighted by Gasteiger charge is 2.30. The molecule has 0 amide bonds. The number of piperidine rings is 1. The van der Waals surface area contributed by atoms with Gasteiger partial charge in [-0.2, -0.15) is 0 Å². The van der Waals surface area contributed by atoms with Crippen LogP contribution in [0.4, 0.5) is 0 Å². The average molecular weight is 285 g/mol. The summed E-state index contributed by atoms with van der Waals surface area (Å²) in [6.07, 6.45) is 4.46. The van der Waals surface area contributed by atoms with Crippen LogP contribution in [0.1, 0.15) is 24.0 Å². The number of hydrogen-bond donors (Lipinski definition) is 1. The summed E-state index contributed by atoms with van der Waals surface area (Å²) in [5.41, 5.74) is 8.66. The van der Waals surface area contributed by atoms with Crippen LogP contribution >= 0.6 is 23.2 Å². The fourth-order valence-electron chi connectivity index (χ4n) is 3.26. The molecule has 4 heteroatoms. The Morgan fingerprint density at radius 3 is 2.83 bits per heavy atom. The number of nitrogens with zero attached hydrogens (tertiary/aromatic N) is 1. The molecule has 1 saturated heterocycles. The molecule has 0 spiro atoms. The number of halogens is 2. The molecule has 1 aromatic carbocycles. The number of fused-ring (bicyclic) bond motifs is 1. The van der Waals surface area contributed by atoms with Crippen LogP contribution in [0, 0.1) is 0 Å². The maximum atomic E-state index is 6.28. The number of hydrogen-bond acceptors (Lipinski definition) is 2. The Kier molecular flexibility index (Phi) is 3.55. The van der Waals surface area contributed by atoms with Gasteiger partial charge in [-0.15, -0.1) is 0 Å². The molecule has 3 rings (SSSR count). The Labute approximate surface area is 118 Å². The number of rotatable bonds is 1. The van der Waals surface area contributed by atoms with Crippen molar-refractivity contribution in [2.75, 3.05) is 13.1 Å². The fourth-order valence-corrected chi connectivity index (χ4v) is 3.87. The van der Waals surface area contributed by atoms with Crippen LogP contribution in [-0.4, -0.2) is 30.1 Å². The predicted molar refractivity (Wildman–Crippen MR) is 76.4 cm³/mol. The lowest BCUT2D eigenvalue weighted by atomic mass is 10.0. The highest BCUT2D eigenvalue weighted by atomic mass is 35.5. The van der Waals surface area contributed by atoms with Gasteiger partial charge in [0.2, 0.25) is 0 Å². The Bertz CT molecular complexity index is 461. The molecule has 1 heterocycles. The summed E-state index contributed by atoms with van der Waals surface area (Å²) in [5, 5.41) is 1.57. The summed E-state index contributed by atoms with van der Waals surface area (Å²) in [6, 6.07) is 4.81. The Morgan fingerprint density at radius 1 is 1.22 bits per heavy atom. The molecule has 0 radical (unpaired) electrons. The molecule has 0 bridgehead atoms. The van der Waals surface area contributed by atoms with Crippen molar-refractivity contribution in [3.8, 4) is 0 Å². The normalized spacial score (nSPS) is 28.4. The third kappa shape index (κ3) is 2.39. The zero-order chi connectivity index (χ0) is 12.7. The van der Waals surface area contributed by atoms with Crippen molar-refractivity contribution in [1.29, 1.82) is 0 Å². The second-order valence-electron chi connectivity index (χ2n) is 5.48. The Balaban J connectivity index is 1.78. The van der Waals surface area contributed by atoms with E-state index in [9.17, 15) is 0 Å². The lowest BCUT2D eigenvalue weighted by molar-refractivity contribution is 0.153. The molecule has 0 saturated carbocycles. The highest BCUT2D eigenvalue weighted by Crippen LogP contribution is 2.34. The van der Waals surface area contributed by atoms with Gasteiger partial charge in [0.05, 0.1) is 0 Å². The second kappa shape index (κ2) is 5.01. The Hall–Kier alpha value is -0.280. The van der Waals surface area contributed by atoms with Crippen LogP contribution in [0.5, 0.6) is 0 Å². The van der Waals surface area contributed by atoms with Crippen molar-refractivity contribution >= 4 is 23.2 Å². The van der Waals surface area contributed by atoms with E-state index >= 15 is 0 Å². The zero-order valence-corrected chi connectivity index (χ0v) is 11.8. The minimum absolute atomic E-state index is 0.335. The highest BCUT2D eigenvalue weighted by molar-refractivity contribution is 6.35. The lowest BCUT2D eigenvalue weighted by Crippen LogP contribution is -2.48. The first kappa shape index (κ1) is 12.7. The fraction of sp³-hybridized carbons (Fsp3) is 0.571. The van der Waals surface area contributed by atoms with Gasteiger partial charge in [0.1, 0.15) is 0 Å². The average Bonchev–Trinajstić information content (AvgIpc) is 2.73.